The van der Waals surface area contributed by atoms with Gasteiger partial charge in [0.15, 0.2) is 0 Å². The fourth-order valence-corrected chi connectivity index (χ4v) is 4.14. The van der Waals surface area contributed by atoms with Gasteiger partial charge in [0.1, 0.15) is 5.75 Å². The number of ether oxygens (including phenoxy) is 1. The van der Waals surface area contributed by atoms with Crippen LogP contribution >= 0.6 is 11.6 Å². The van der Waals surface area contributed by atoms with Gasteiger partial charge in [0.05, 0.1) is 18.7 Å². The molecule has 0 aromatic heterocycles. The molecular formula is C21H30ClN3O4. The number of rotatable bonds is 8. The molecule has 1 aromatic rings. The second kappa shape index (κ2) is 10.8. The number of piperidine rings is 1. The summed E-state index contributed by atoms with van der Waals surface area (Å²) in [6.45, 7) is 3.87. The molecule has 1 N–H and O–H groups in total. The Bertz CT molecular complexity index is 709. The molecule has 0 aliphatic carbocycles. The largest absolute Gasteiger partial charge is 0.495 e. The normalized spacial score (nSPS) is 19.9. The molecule has 2 aliphatic rings. The molecule has 2 aliphatic heterocycles. The summed E-state index contributed by atoms with van der Waals surface area (Å²) in [5, 5.41) is 5.23. The fourth-order valence-electron chi connectivity index (χ4n) is 3.88. The highest BCUT2D eigenvalue weighted by molar-refractivity contribution is 6.32. The van der Waals surface area contributed by atoms with Crippen LogP contribution in [0.5, 0.6) is 5.75 Å². The van der Waals surface area contributed by atoms with Gasteiger partial charge in [-0.2, -0.15) is 5.06 Å². The van der Waals surface area contributed by atoms with Crippen LogP contribution in [0, 0.1) is 5.92 Å². The molecule has 0 radical (unpaired) electrons. The number of methoxy groups -OCH3 is 1. The van der Waals surface area contributed by atoms with Crippen LogP contribution in [-0.4, -0.2) is 61.7 Å². The van der Waals surface area contributed by atoms with Crippen LogP contribution in [0.25, 0.3) is 0 Å². The van der Waals surface area contributed by atoms with Gasteiger partial charge in [-0.25, -0.2) is 0 Å². The van der Waals surface area contributed by atoms with Crippen molar-refractivity contribution in [2.24, 2.45) is 5.92 Å². The Labute approximate surface area is 177 Å². The number of halogens is 1. The maximum atomic E-state index is 12.5. The summed E-state index contributed by atoms with van der Waals surface area (Å²) >= 11 is 6.10. The van der Waals surface area contributed by atoms with E-state index in [1.54, 1.807) is 25.3 Å². The third-order valence-corrected chi connectivity index (χ3v) is 5.78. The highest BCUT2D eigenvalue weighted by Gasteiger charge is 2.25. The lowest BCUT2D eigenvalue weighted by Crippen LogP contribution is -2.41. The number of nitrogens with zero attached hydrogens (tertiary/aromatic N) is 2. The molecule has 160 valence electrons. The number of carbonyl (C=O) groups is 2. The number of hydrogen-bond acceptors (Lipinski definition) is 5. The van der Waals surface area contributed by atoms with E-state index in [0.717, 1.165) is 51.9 Å². The molecule has 2 fully saturated rings. The molecule has 1 atom stereocenters. The summed E-state index contributed by atoms with van der Waals surface area (Å²) in [5.41, 5.74) is 0.658. The number of benzene rings is 1. The molecular weight excluding hydrogens is 394 g/mol. The van der Waals surface area contributed by atoms with Gasteiger partial charge in [-0.1, -0.05) is 11.6 Å². The van der Waals surface area contributed by atoms with E-state index >= 15 is 0 Å². The molecule has 0 unspecified atom stereocenters. The van der Waals surface area contributed by atoms with Gasteiger partial charge in [-0.05, 0) is 49.8 Å². The summed E-state index contributed by atoms with van der Waals surface area (Å²) in [5.74, 6) is 1.08. The summed E-state index contributed by atoms with van der Waals surface area (Å²) in [6, 6.07) is 5.19. The van der Waals surface area contributed by atoms with Crippen LogP contribution in [0.2, 0.25) is 5.02 Å². The third kappa shape index (κ3) is 6.59. The SMILES string of the molecule is COc1ccc(NC(=O)CC[C@@H]2CCCN(C(=O)CCN3CCCO3)C2)cc1Cl. The van der Waals surface area contributed by atoms with Gasteiger partial charge in [0.2, 0.25) is 11.8 Å². The highest BCUT2D eigenvalue weighted by atomic mass is 35.5. The predicted molar refractivity (Wildman–Crippen MR) is 112 cm³/mol. The maximum absolute atomic E-state index is 12.5. The molecule has 2 saturated heterocycles. The lowest BCUT2D eigenvalue weighted by molar-refractivity contribution is -0.140. The summed E-state index contributed by atoms with van der Waals surface area (Å²) in [7, 11) is 1.55. The van der Waals surface area contributed by atoms with E-state index in [-0.39, 0.29) is 11.8 Å². The van der Waals surface area contributed by atoms with Crippen molar-refractivity contribution in [2.45, 2.75) is 38.5 Å². The minimum Gasteiger partial charge on any atom is -0.495 e. The van der Waals surface area contributed by atoms with Crippen molar-refractivity contribution in [3.05, 3.63) is 23.2 Å². The van der Waals surface area contributed by atoms with Crippen LogP contribution in [0.4, 0.5) is 5.69 Å². The third-order valence-electron chi connectivity index (χ3n) is 5.49. The van der Waals surface area contributed by atoms with Crippen molar-refractivity contribution in [3.8, 4) is 5.75 Å². The fraction of sp³-hybridized carbons (Fsp3) is 0.619. The second-order valence-electron chi connectivity index (χ2n) is 7.65. The van der Waals surface area contributed by atoms with E-state index < -0.39 is 0 Å². The van der Waals surface area contributed by atoms with Gasteiger partial charge in [0.25, 0.3) is 0 Å². The van der Waals surface area contributed by atoms with Crippen LogP contribution in [-0.2, 0) is 14.4 Å². The zero-order valence-electron chi connectivity index (χ0n) is 17.0. The average molecular weight is 424 g/mol. The van der Waals surface area contributed by atoms with E-state index in [1.807, 2.05) is 9.96 Å². The predicted octanol–water partition coefficient (Wildman–Crippen LogP) is 3.33. The molecule has 2 heterocycles. The molecule has 3 rings (SSSR count). The van der Waals surface area contributed by atoms with Gasteiger partial charge >= 0.3 is 0 Å². The minimum atomic E-state index is -0.0409. The molecule has 0 spiro atoms. The molecule has 8 heteroatoms. The molecule has 0 saturated carbocycles. The average Bonchev–Trinajstić information content (AvgIpc) is 3.24. The van der Waals surface area contributed by atoms with Crippen LogP contribution in [0.15, 0.2) is 18.2 Å². The number of nitrogens with one attached hydrogen (secondary N) is 1. The van der Waals surface area contributed by atoms with E-state index in [0.29, 0.717) is 41.8 Å². The number of amides is 2. The van der Waals surface area contributed by atoms with Crippen LogP contribution in [0.1, 0.15) is 38.5 Å². The van der Waals surface area contributed by atoms with Crippen molar-refractivity contribution in [3.63, 3.8) is 0 Å². The van der Waals surface area contributed by atoms with Crippen molar-refractivity contribution in [1.82, 2.24) is 9.96 Å². The van der Waals surface area contributed by atoms with Crippen LogP contribution in [0.3, 0.4) is 0 Å². The zero-order valence-corrected chi connectivity index (χ0v) is 17.7. The first-order valence-corrected chi connectivity index (χ1v) is 10.7. The van der Waals surface area contributed by atoms with Gasteiger partial charge in [-0.15, -0.1) is 0 Å². The molecule has 1 aromatic carbocycles. The van der Waals surface area contributed by atoms with Gasteiger partial charge in [-0.3, -0.25) is 14.4 Å². The minimum absolute atomic E-state index is 0.0409. The molecule has 7 nitrogen and oxygen atoms in total. The quantitative estimate of drug-likeness (QED) is 0.694. The van der Waals surface area contributed by atoms with Crippen molar-refractivity contribution >= 4 is 29.1 Å². The molecule has 0 bridgehead atoms. The smallest absolute Gasteiger partial charge is 0.224 e. The zero-order chi connectivity index (χ0) is 20.6. The lowest BCUT2D eigenvalue weighted by Gasteiger charge is -2.33. The lowest BCUT2D eigenvalue weighted by atomic mass is 9.93. The van der Waals surface area contributed by atoms with E-state index in [9.17, 15) is 9.59 Å². The Hall–Kier alpha value is -1.83. The van der Waals surface area contributed by atoms with E-state index in [2.05, 4.69) is 5.32 Å². The van der Waals surface area contributed by atoms with Crippen molar-refractivity contribution in [2.75, 3.05) is 45.2 Å². The summed E-state index contributed by atoms with van der Waals surface area (Å²) < 4.78 is 5.12. The van der Waals surface area contributed by atoms with E-state index in [1.165, 1.54) is 0 Å². The maximum Gasteiger partial charge on any atom is 0.224 e. The number of hydrogen-bond donors (Lipinski definition) is 1. The Morgan fingerprint density at radius 3 is 2.86 bits per heavy atom. The summed E-state index contributed by atoms with van der Waals surface area (Å²) in [6.07, 6.45) is 4.77. The number of likely N-dealkylation sites (tertiary alicyclic amines) is 1. The molecule has 2 amide bonds. The monoisotopic (exact) mass is 423 g/mol. The number of carbonyl (C=O) groups excluding carboxylic acids is 2. The Morgan fingerprint density at radius 2 is 2.14 bits per heavy atom. The van der Waals surface area contributed by atoms with Gasteiger partial charge < -0.3 is 15.0 Å². The summed E-state index contributed by atoms with van der Waals surface area (Å²) in [4.78, 5) is 32.2. The first kappa shape index (κ1) is 21.9. The second-order valence-corrected chi connectivity index (χ2v) is 8.06. The first-order valence-electron chi connectivity index (χ1n) is 10.3. The number of anilines is 1. The van der Waals surface area contributed by atoms with Gasteiger partial charge in [0, 0.05) is 44.7 Å². The topological polar surface area (TPSA) is 71.1 Å². The number of hydroxylamine groups is 2. The highest BCUT2D eigenvalue weighted by Crippen LogP contribution is 2.27. The Kier molecular flexibility index (Phi) is 8.15. The van der Waals surface area contributed by atoms with Crippen LogP contribution < -0.4 is 10.1 Å². The van der Waals surface area contributed by atoms with Crippen molar-refractivity contribution < 1.29 is 19.2 Å². The Morgan fingerprint density at radius 1 is 1.28 bits per heavy atom. The standard InChI is InChI=1S/C21H30ClN3O4/c1-28-19-7-6-17(14-18(19)22)23-20(26)8-5-16-4-2-10-24(15-16)21(27)9-12-25-11-3-13-29-25/h6-7,14,16H,2-5,8-13,15H2,1H3,(H,23,26)/t16-/m0/s1. The molecule has 29 heavy (non-hydrogen) atoms. The van der Waals surface area contributed by atoms with E-state index in [4.69, 9.17) is 21.2 Å². The first-order chi connectivity index (χ1) is 14.0. The van der Waals surface area contributed by atoms with Crippen molar-refractivity contribution in [1.29, 1.82) is 0 Å². The Balaban J connectivity index is 1.39.